The van der Waals surface area contributed by atoms with Gasteiger partial charge in [0.2, 0.25) is 0 Å². The summed E-state index contributed by atoms with van der Waals surface area (Å²) in [6.07, 6.45) is -1.24. The quantitative estimate of drug-likeness (QED) is 0.307. The molecule has 63 valence electrons. The summed E-state index contributed by atoms with van der Waals surface area (Å²) in [5, 5.41) is 16.7. The van der Waals surface area contributed by atoms with Crippen LogP contribution in [0.5, 0.6) is 0 Å². The van der Waals surface area contributed by atoms with E-state index in [4.69, 9.17) is 20.0 Å². The van der Waals surface area contributed by atoms with E-state index in [1.54, 1.807) is 0 Å². The van der Waals surface area contributed by atoms with Crippen LogP contribution in [0.3, 0.4) is 0 Å². The van der Waals surface area contributed by atoms with Crippen molar-refractivity contribution in [1.29, 1.82) is 0 Å². The zero-order valence-corrected chi connectivity index (χ0v) is 8.94. The van der Waals surface area contributed by atoms with Gasteiger partial charge in [-0.05, 0) is 0 Å². The minimum Gasteiger partial charge on any atom is -0.394 e. The van der Waals surface area contributed by atoms with Crippen molar-refractivity contribution in [2.24, 2.45) is 0 Å². The van der Waals surface area contributed by atoms with E-state index < -0.39 is 27.1 Å². The molecule has 0 saturated carbocycles. The molecule has 0 aliphatic carbocycles. The molecule has 6 nitrogen and oxygen atoms in total. The van der Waals surface area contributed by atoms with Crippen LogP contribution in [-0.2, 0) is 9.09 Å². The molecule has 0 aromatic carbocycles. The maximum absolute atomic E-state index is 9.93. The fourth-order valence-corrected chi connectivity index (χ4v) is 0.602. The molecule has 11 heavy (non-hydrogen) atoms. The summed E-state index contributed by atoms with van der Waals surface area (Å²) in [5.74, 6) is 0. The summed E-state index contributed by atoms with van der Waals surface area (Å²) in [4.78, 5) is 16.1. The summed E-state index contributed by atoms with van der Waals surface area (Å²) in [6.45, 7) is -1.15. The van der Waals surface area contributed by atoms with Gasteiger partial charge in [-0.2, -0.15) is 0 Å². The Balaban J connectivity index is 0. The van der Waals surface area contributed by atoms with E-state index in [1.807, 2.05) is 0 Å². The van der Waals surface area contributed by atoms with Gasteiger partial charge in [0, 0.05) is 29.6 Å². The molecule has 0 rings (SSSR count). The molecule has 1 unspecified atom stereocenters. The van der Waals surface area contributed by atoms with Crippen LogP contribution in [0.4, 0.5) is 0 Å². The second kappa shape index (κ2) is 6.54. The molecule has 1 radical (unpaired) electrons. The van der Waals surface area contributed by atoms with Crippen molar-refractivity contribution in [1.82, 2.24) is 0 Å². The summed E-state index contributed by atoms with van der Waals surface area (Å²) >= 11 is 0. The number of phosphoric ester groups is 1. The zero-order valence-electron chi connectivity index (χ0n) is 6.04. The third-order valence-electron chi connectivity index (χ3n) is 0.646. The summed E-state index contributed by atoms with van der Waals surface area (Å²) in [6, 6.07) is 0. The first kappa shape index (κ1) is 14.5. The van der Waals surface area contributed by atoms with Gasteiger partial charge in [-0.3, -0.25) is 4.52 Å². The standard InChI is InChI=1S/C3H9O6P.Na/c4-1-3(5)2-9-10(6,7)8;/h3-5H,1-2H2,(H2,6,7,8);. The van der Waals surface area contributed by atoms with Crippen LogP contribution in [0.25, 0.3) is 0 Å². The van der Waals surface area contributed by atoms with Gasteiger partial charge in [0.25, 0.3) is 0 Å². The molecule has 0 bridgehead atoms. The number of hydrogen-bond donors (Lipinski definition) is 4. The average molecular weight is 195 g/mol. The largest absolute Gasteiger partial charge is 0.469 e. The van der Waals surface area contributed by atoms with Crippen LogP contribution in [0.15, 0.2) is 0 Å². The molecule has 0 spiro atoms. The predicted molar refractivity (Wildman–Crippen MR) is 36.8 cm³/mol. The smallest absolute Gasteiger partial charge is 0.394 e. The van der Waals surface area contributed by atoms with E-state index >= 15 is 0 Å². The zero-order chi connectivity index (χ0) is 8.20. The number of aliphatic hydroxyl groups is 2. The fraction of sp³-hybridized carbons (Fsp3) is 1.00. The summed E-state index contributed by atoms with van der Waals surface area (Å²) in [5.41, 5.74) is 0. The number of phosphoric acid groups is 1. The molecule has 0 aliphatic heterocycles. The van der Waals surface area contributed by atoms with Gasteiger partial charge in [-0.15, -0.1) is 0 Å². The van der Waals surface area contributed by atoms with E-state index in [1.165, 1.54) is 0 Å². The number of rotatable bonds is 4. The molecule has 4 N–H and O–H groups in total. The van der Waals surface area contributed by atoms with E-state index in [9.17, 15) is 4.57 Å². The summed E-state index contributed by atoms with van der Waals surface area (Å²) < 4.78 is 13.8. The van der Waals surface area contributed by atoms with Crippen LogP contribution in [0.2, 0.25) is 0 Å². The second-order valence-electron chi connectivity index (χ2n) is 1.62. The molecule has 0 fully saturated rings. The maximum Gasteiger partial charge on any atom is 0.469 e. The van der Waals surface area contributed by atoms with E-state index in [2.05, 4.69) is 4.52 Å². The van der Waals surface area contributed by atoms with Gasteiger partial charge in [0.05, 0.1) is 13.2 Å². The van der Waals surface area contributed by atoms with Crippen molar-refractivity contribution in [3.05, 3.63) is 0 Å². The van der Waals surface area contributed by atoms with Crippen LogP contribution >= 0.6 is 7.82 Å². The third-order valence-corrected chi connectivity index (χ3v) is 1.13. The van der Waals surface area contributed by atoms with Crippen molar-refractivity contribution in [3.63, 3.8) is 0 Å². The third kappa shape index (κ3) is 11.0. The molecule has 0 saturated heterocycles. The second-order valence-corrected chi connectivity index (χ2v) is 2.86. The summed E-state index contributed by atoms with van der Waals surface area (Å²) in [7, 11) is -4.50. The first-order valence-corrected chi connectivity index (χ1v) is 3.98. The number of aliphatic hydroxyl groups excluding tert-OH is 2. The van der Waals surface area contributed by atoms with Crippen molar-refractivity contribution >= 4 is 37.4 Å². The maximum atomic E-state index is 9.93. The van der Waals surface area contributed by atoms with Crippen molar-refractivity contribution in [2.45, 2.75) is 6.10 Å². The Morgan fingerprint density at radius 1 is 1.45 bits per heavy atom. The first-order chi connectivity index (χ1) is 4.45. The SMILES string of the molecule is O=P(O)(O)OCC(O)CO.[Na]. The average Bonchev–Trinajstić information content (AvgIpc) is 1.81. The van der Waals surface area contributed by atoms with E-state index in [0.29, 0.717) is 0 Å². The van der Waals surface area contributed by atoms with Crippen LogP contribution in [0, 0.1) is 0 Å². The normalized spacial score (nSPS) is 13.8. The van der Waals surface area contributed by atoms with Gasteiger partial charge in [-0.1, -0.05) is 0 Å². The molecule has 1 atom stereocenters. The van der Waals surface area contributed by atoms with E-state index in [0.717, 1.165) is 0 Å². The topological polar surface area (TPSA) is 107 Å². The van der Waals surface area contributed by atoms with Crippen molar-refractivity contribution in [3.8, 4) is 0 Å². The molecule has 0 amide bonds. The van der Waals surface area contributed by atoms with Crippen LogP contribution < -0.4 is 0 Å². The fourth-order valence-electron chi connectivity index (χ4n) is 0.236. The van der Waals surface area contributed by atoms with Crippen LogP contribution in [-0.4, -0.2) is 68.9 Å². The Kier molecular flexibility index (Phi) is 8.64. The Morgan fingerprint density at radius 3 is 2.18 bits per heavy atom. The molecule has 0 aliphatic rings. The molecular weight excluding hydrogens is 186 g/mol. The Labute approximate surface area is 85.7 Å². The molecule has 8 heteroatoms. The van der Waals surface area contributed by atoms with E-state index in [-0.39, 0.29) is 29.6 Å². The van der Waals surface area contributed by atoms with Gasteiger partial charge in [0.15, 0.2) is 0 Å². The molecular formula is C3H9NaO6P. The molecule has 0 heterocycles. The van der Waals surface area contributed by atoms with Crippen molar-refractivity contribution in [2.75, 3.05) is 13.2 Å². The Hall–Kier alpha value is 1.03. The Bertz CT molecular complexity index is 134. The predicted octanol–water partition coefficient (Wildman–Crippen LogP) is -1.93. The molecule has 0 aromatic heterocycles. The van der Waals surface area contributed by atoms with Gasteiger partial charge in [-0.25, -0.2) is 4.57 Å². The minimum atomic E-state index is -4.50. The Morgan fingerprint density at radius 2 is 1.91 bits per heavy atom. The van der Waals surface area contributed by atoms with Gasteiger partial charge in [0.1, 0.15) is 6.10 Å². The van der Waals surface area contributed by atoms with Gasteiger partial charge < -0.3 is 20.0 Å². The van der Waals surface area contributed by atoms with Crippen molar-refractivity contribution < 1.29 is 29.1 Å². The molecule has 0 aromatic rings. The monoisotopic (exact) mass is 195 g/mol. The van der Waals surface area contributed by atoms with Gasteiger partial charge >= 0.3 is 7.82 Å². The number of hydrogen-bond acceptors (Lipinski definition) is 4. The first-order valence-electron chi connectivity index (χ1n) is 2.44. The van der Waals surface area contributed by atoms with Crippen LogP contribution in [0.1, 0.15) is 0 Å². The minimum absolute atomic E-state index is 0.